The second kappa shape index (κ2) is 10.8. The van der Waals surface area contributed by atoms with Crippen LogP contribution in [-0.2, 0) is 0 Å². The van der Waals surface area contributed by atoms with Crippen LogP contribution >= 0.6 is 12.4 Å². The zero-order valence-corrected chi connectivity index (χ0v) is 19.6. The van der Waals surface area contributed by atoms with E-state index in [-0.39, 0.29) is 18.4 Å². The third-order valence-electron chi connectivity index (χ3n) is 6.18. The number of nitrogens with two attached hydrogens (primary N) is 2. The predicted molar refractivity (Wildman–Crippen MR) is 138 cm³/mol. The van der Waals surface area contributed by atoms with Gasteiger partial charge in [-0.25, -0.2) is 9.97 Å². The number of aromatic amines is 1. The highest BCUT2D eigenvalue weighted by Gasteiger charge is 2.20. The molecule has 0 saturated heterocycles. The van der Waals surface area contributed by atoms with Gasteiger partial charge in [-0.15, -0.1) is 12.4 Å². The summed E-state index contributed by atoms with van der Waals surface area (Å²) in [7, 11) is 0. The molecule has 1 aliphatic rings. The molecule has 1 fully saturated rings. The van der Waals surface area contributed by atoms with Crippen LogP contribution in [-0.4, -0.2) is 43.8 Å². The number of pyridine rings is 1. The summed E-state index contributed by atoms with van der Waals surface area (Å²) in [6.07, 6.45) is 5.91. The number of rotatable bonds is 7. The molecule has 0 amide bonds. The number of aromatic nitrogens is 5. The molecule has 0 radical (unpaired) electrons. The van der Waals surface area contributed by atoms with Gasteiger partial charge in [0.05, 0.1) is 22.8 Å². The Bertz CT molecular complexity index is 1210. The Kier molecular flexibility index (Phi) is 7.56. The third-order valence-corrected chi connectivity index (χ3v) is 6.18. The summed E-state index contributed by atoms with van der Waals surface area (Å²) in [5.41, 5.74) is 15.3. The Morgan fingerprint density at radius 1 is 1.00 bits per heavy atom. The van der Waals surface area contributed by atoms with Crippen LogP contribution in [0.3, 0.4) is 0 Å². The van der Waals surface area contributed by atoms with E-state index in [0.29, 0.717) is 30.2 Å². The summed E-state index contributed by atoms with van der Waals surface area (Å²) in [6.45, 7) is 0.458. The van der Waals surface area contributed by atoms with Crippen molar-refractivity contribution >= 4 is 35.2 Å². The lowest BCUT2D eigenvalue weighted by Gasteiger charge is -2.26. The number of nitrogens with one attached hydrogen (secondary N) is 3. The first-order valence-electron chi connectivity index (χ1n) is 11.4. The fraction of sp³-hybridized carbons (Fsp3) is 0.333. The van der Waals surface area contributed by atoms with Crippen LogP contribution in [0.4, 0.5) is 11.8 Å². The topological polar surface area (TPSA) is 143 Å². The van der Waals surface area contributed by atoms with E-state index in [1.807, 2.05) is 36.4 Å². The van der Waals surface area contributed by atoms with Crippen molar-refractivity contribution in [3.05, 3.63) is 60.3 Å². The van der Waals surface area contributed by atoms with Crippen molar-refractivity contribution in [2.24, 2.45) is 11.5 Å². The van der Waals surface area contributed by atoms with Crippen molar-refractivity contribution in [1.82, 2.24) is 25.1 Å². The molecule has 1 aromatic carbocycles. The number of fused-ring (bicyclic) bond motifs is 1. The summed E-state index contributed by atoms with van der Waals surface area (Å²) < 4.78 is 0. The second-order valence-electron chi connectivity index (χ2n) is 8.54. The van der Waals surface area contributed by atoms with Gasteiger partial charge >= 0.3 is 0 Å². The Balaban J connectivity index is 0.00000274. The highest BCUT2D eigenvalue weighted by molar-refractivity contribution is 5.89. The monoisotopic (exact) mass is 479 g/mol. The van der Waals surface area contributed by atoms with Crippen molar-refractivity contribution < 1.29 is 0 Å². The lowest BCUT2D eigenvalue weighted by atomic mass is 9.92. The van der Waals surface area contributed by atoms with Crippen LogP contribution in [0.15, 0.2) is 54.7 Å². The van der Waals surface area contributed by atoms with E-state index < -0.39 is 0 Å². The van der Waals surface area contributed by atoms with Gasteiger partial charge in [0.25, 0.3) is 0 Å². The fourth-order valence-electron chi connectivity index (χ4n) is 4.31. The minimum atomic E-state index is -0.0289. The zero-order chi connectivity index (χ0) is 22.6. The summed E-state index contributed by atoms with van der Waals surface area (Å²) in [4.78, 5) is 13.9. The maximum absolute atomic E-state index is 6.01. The highest BCUT2D eigenvalue weighted by Crippen LogP contribution is 2.27. The summed E-state index contributed by atoms with van der Waals surface area (Å²) in [6, 6.07) is 16.6. The Morgan fingerprint density at radius 3 is 2.56 bits per heavy atom. The van der Waals surface area contributed by atoms with Crippen LogP contribution in [0.1, 0.15) is 37.3 Å². The number of anilines is 2. The van der Waals surface area contributed by atoms with Crippen LogP contribution in [0.25, 0.3) is 22.4 Å². The van der Waals surface area contributed by atoms with Gasteiger partial charge in [-0.3, -0.25) is 5.10 Å². The minimum Gasteiger partial charge on any atom is -0.362 e. The molecule has 7 N–H and O–H groups in total. The van der Waals surface area contributed by atoms with Gasteiger partial charge in [0, 0.05) is 24.8 Å². The standard InChI is InChI=1S/C24H29N9.ClH/c25-13-20(15-5-2-1-3-6-15)30-21-8-4-7-19(29-21)22-18-14-27-24(31-23(18)33-32-22)28-17-11-9-16(26)10-12-17;/h1-8,14,16-17,20H,9-13,25-26H2,(H,29,30)(H2,27,28,31,32,33);1H. The maximum atomic E-state index is 6.01. The van der Waals surface area contributed by atoms with Crippen molar-refractivity contribution in [3.8, 4) is 11.4 Å². The molecule has 4 aromatic rings. The first-order chi connectivity index (χ1) is 16.2. The average Bonchev–Trinajstić information content (AvgIpc) is 3.28. The Morgan fingerprint density at radius 2 is 1.79 bits per heavy atom. The van der Waals surface area contributed by atoms with Gasteiger partial charge in [-0.2, -0.15) is 10.1 Å². The molecule has 34 heavy (non-hydrogen) atoms. The first-order valence-corrected chi connectivity index (χ1v) is 11.4. The van der Waals surface area contributed by atoms with Crippen molar-refractivity contribution in [2.75, 3.05) is 17.2 Å². The first kappa shape index (κ1) is 23.9. The molecule has 9 nitrogen and oxygen atoms in total. The zero-order valence-electron chi connectivity index (χ0n) is 18.8. The molecule has 0 spiro atoms. The molecule has 5 rings (SSSR count). The normalized spacial score (nSPS) is 18.8. The Labute approximate surface area is 204 Å². The quantitative estimate of drug-likeness (QED) is 0.270. The molecule has 0 aliphatic heterocycles. The summed E-state index contributed by atoms with van der Waals surface area (Å²) in [5, 5.41) is 15.2. The molecule has 10 heteroatoms. The van der Waals surface area contributed by atoms with Crippen molar-refractivity contribution in [1.29, 1.82) is 0 Å². The van der Waals surface area contributed by atoms with E-state index >= 15 is 0 Å². The van der Waals surface area contributed by atoms with E-state index in [1.165, 1.54) is 0 Å². The molecular formula is C24H30ClN9. The number of benzene rings is 1. The van der Waals surface area contributed by atoms with Gasteiger partial charge in [0.15, 0.2) is 5.65 Å². The number of hydrogen-bond acceptors (Lipinski definition) is 8. The van der Waals surface area contributed by atoms with E-state index in [1.54, 1.807) is 6.20 Å². The third kappa shape index (κ3) is 5.27. The molecule has 0 bridgehead atoms. The maximum Gasteiger partial charge on any atom is 0.224 e. The number of nitrogens with zero attached hydrogens (tertiary/aromatic N) is 4. The van der Waals surface area contributed by atoms with Crippen LogP contribution in [0.2, 0.25) is 0 Å². The number of H-pyrrole nitrogens is 1. The molecule has 1 unspecified atom stereocenters. The van der Waals surface area contributed by atoms with Gasteiger partial charge in [-0.1, -0.05) is 36.4 Å². The SMILES string of the molecule is Cl.NCC(Nc1cccc(-c2[nH]nc3nc(NC4CCC(N)CC4)ncc23)n1)c1ccccc1. The van der Waals surface area contributed by atoms with E-state index in [2.05, 4.69) is 42.9 Å². The lowest BCUT2D eigenvalue weighted by molar-refractivity contribution is 0.410. The Hall–Kier alpha value is -3.27. The van der Waals surface area contributed by atoms with Crippen LogP contribution < -0.4 is 22.1 Å². The minimum absolute atomic E-state index is 0. The lowest BCUT2D eigenvalue weighted by Crippen LogP contribution is -2.33. The summed E-state index contributed by atoms with van der Waals surface area (Å²) in [5.74, 6) is 1.34. The molecule has 1 aliphatic carbocycles. The van der Waals surface area contributed by atoms with Crippen molar-refractivity contribution in [2.45, 2.75) is 43.8 Å². The molecule has 3 heterocycles. The van der Waals surface area contributed by atoms with Crippen molar-refractivity contribution in [3.63, 3.8) is 0 Å². The molecule has 3 aromatic heterocycles. The highest BCUT2D eigenvalue weighted by atomic mass is 35.5. The molecule has 1 atom stereocenters. The number of halogens is 1. The van der Waals surface area contributed by atoms with Gasteiger partial charge in [0.1, 0.15) is 5.82 Å². The van der Waals surface area contributed by atoms with Crippen LogP contribution in [0.5, 0.6) is 0 Å². The molecular weight excluding hydrogens is 450 g/mol. The fourth-order valence-corrected chi connectivity index (χ4v) is 4.31. The smallest absolute Gasteiger partial charge is 0.224 e. The second-order valence-corrected chi connectivity index (χ2v) is 8.54. The number of hydrogen-bond donors (Lipinski definition) is 5. The average molecular weight is 480 g/mol. The molecule has 1 saturated carbocycles. The van der Waals surface area contributed by atoms with Gasteiger partial charge in [-0.05, 0) is 43.4 Å². The van der Waals surface area contributed by atoms with E-state index in [9.17, 15) is 0 Å². The van der Waals surface area contributed by atoms with E-state index in [4.69, 9.17) is 16.5 Å². The van der Waals surface area contributed by atoms with Crippen LogP contribution in [0, 0.1) is 0 Å². The van der Waals surface area contributed by atoms with Gasteiger partial charge < -0.3 is 22.1 Å². The largest absolute Gasteiger partial charge is 0.362 e. The molecule has 178 valence electrons. The summed E-state index contributed by atoms with van der Waals surface area (Å²) >= 11 is 0. The van der Waals surface area contributed by atoms with Gasteiger partial charge in [0.2, 0.25) is 5.95 Å². The van der Waals surface area contributed by atoms with E-state index in [0.717, 1.165) is 53.8 Å². The predicted octanol–water partition coefficient (Wildman–Crippen LogP) is 3.63.